The zero-order chi connectivity index (χ0) is 24.8. The van der Waals surface area contributed by atoms with Crippen molar-refractivity contribution in [3.63, 3.8) is 0 Å². The number of ether oxygens (including phenoxy) is 1. The number of nitrogens with zero attached hydrogens (tertiary/aromatic N) is 1. The third-order valence-electron chi connectivity index (χ3n) is 4.62. The summed E-state index contributed by atoms with van der Waals surface area (Å²) >= 11 is 0. The number of sulfonamides is 1. The maximum Gasteiger partial charge on any atom is 0.416 e. The van der Waals surface area contributed by atoms with Crippen LogP contribution >= 0.6 is 0 Å². The zero-order valence-electron chi connectivity index (χ0n) is 18.3. The van der Waals surface area contributed by atoms with Crippen LogP contribution in [0.1, 0.15) is 19.4 Å². The summed E-state index contributed by atoms with van der Waals surface area (Å²) in [6.45, 7) is 2.93. The van der Waals surface area contributed by atoms with Crippen molar-refractivity contribution >= 4 is 21.7 Å². The highest BCUT2D eigenvalue weighted by molar-refractivity contribution is 7.89. The SMILES string of the molecule is CC(C)N(C)S(=O)(=O)c1ccc(NC(=O)NCC(O)COc2cccc(C(F)(F)F)c2)cc1. The summed E-state index contributed by atoms with van der Waals surface area (Å²) in [5, 5.41) is 14.8. The number of urea groups is 1. The second-order valence-corrected chi connectivity index (χ2v) is 9.46. The molecule has 0 bridgehead atoms. The highest BCUT2D eigenvalue weighted by atomic mass is 32.2. The number of aliphatic hydroxyl groups is 1. The van der Waals surface area contributed by atoms with Crippen molar-refractivity contribution in [1.29, 1.82) is 0 Å². The van der Waals surface area contributed by atoms with Crippen LogP contribution in [0.3, 0.4) is 0 Å². The summed E-state index contributed by atoms with van der Waals surface area (Å²) in [6, 6.07) is 8.92. The molecule has 0 aromatic heterocycles. The van der Waals surface area contributed by atoms with Gasteiger partial charge < -0.3 is 20.5 Å². The average molecular weight is 490 g/mol. The van der Waals surface area contributed by atoms with Gasteiger partial charge in [0.05, 0.1) is 10.5 Å². The first kappa shape index (κ1) is 26.4. The van der Waals surface area contributed by atoms with Crippen LogP contribution in [0.5, 0.6) is 5.75 Å². The minimum absolute atomic E-state index is 0.0634. The molecule has 0 aliphatic rings. The monoisotopic (exact) mass is 489 g/mol. The second-order valence-electron chi connectivity index (χ2n) is 7.46. The molecule has 2 aromatic rings. The van der Waals surface area contributed by atoms with E-state index in [0.717, 1.165) is 12.1 Å². The molecular weight excluding hydrogens is 463 g/mol. The lowest BCUT2D eigenvalue weighted by molar-refractivity contribution is -0.137. The van der Waals surface area contributed by atoms with E-state index in [1.165, 1.54) is 47.8 Å². The van der Waals surface area contributed by atoms with Crippen molar-refractivity contribution in [3.05, 3.63) is 54.1 Å². The van der Waals surface area contributed by atoms with Crippen molar-refractivity contribution in [1.82, 2.24) is 9.62 Å². The van der Waals surface area contributed by atoms with Gasteiger partial charge in [0.25, 0.3) is 0 Å². The quantitative estimate of drug-likeness (QED) is 0.501. The number of anilines is 1. The number of benzene rings is 2. The number of hydrogen-bond donors (Lipinski definition) is 3. The summed E-state index contributed by atoms with van der Waals surface area (Å²) in [6.07, 6.45) is -5.69. The molecule has 0 radical (unpaired) electrons. The number of alkyl halides is 3. The Kier molecular flexibility index (Phi) is 8.69. The molecule has 12 heteroatoms. The predicted molar refractivity (Wildman–Crippen MR) is 116 cm³/mol. The summed E-state index contributed by atoms with van der Waals surface area (Å²) in [5.41, 5.74) is -0.546. The van der Waals surface area contributed by atoms with Gasteiger partial charge in [-0.25, -0.2) is 13.2 Å². The molecule has 0 spiro atoms. The average Bonchev–Trinajstić information content (AvgIpc) is 2.75. The maximum absolute atomic E-state index is 12.7. The van der Waals surface area contributed by atoms with Gasteiger partial charge in [0.1, 0.15) is 18.5 Å². The molecule has 0 saturated carbocycles. The van der Waals surface area contributed by atoms with Gasteiger partial charge in [-0.2, -0.15) is 17.5 Å². The van der Waals surface area contributed by atoms with Gasteiger partial charge in [0.15, 0.2) is 0 Å². The number of nitrogens with one attached hydrogen (secondary N) is 2. The van der Waals surface area contributed by atoms with Gasteiger partial charge in [0.2, 0.25) is 10.0 Å². The van der Waals surface area contributed by atoms with E-state index in [0.29, 0.717) is 5.69 Å². The van der Waals surface area contributed by atoms with Crippen LogP contribution in [-0.2, 0) is 16.2 Å². The predicted octanol–water partition coefficient (Wildman–Crippen LogP) is 3.30. The molecule has 2 amide bonds. The van der Waals surface area contributed by atoms with Gasteiger partial charge in [-0.15, -0.1) is 0 Å². The van der Waals surface area contributed by atoms with E-state index in [1.54, 1.807) is 13.8 Å². The Morgan fingerprint density at radius 2 is 1.79 bits per heavy atom. The normalized spacial score (nSPS) is 13.1. The highest BCUT2D eigenvalue weighted by Crippen LogP contribution is 2.31. The lowest BCUT2D eigenvalue weighted by Crippen LogP contribution is -2.37. The summed E-state index contributed by atoms with van der Waals surface area (Å²) < 4.78 is 69.4. The number of halogens is 3. The molecule has 0 saturated heterocycles. The Balaban J connectivity index is 1.83. The molecule has 0 aliphatic heterocycles. The summed E-state index contributed by atoms with van der Waals surface area (Å²) in [5.74, 6) is -0.0634. The van der Waals surface area contributed by atoms with Crippen molar-refractivity contribution in [2.75, 3.05) is 25.5 Å². The van der Waals surface area contributed by atoms with Gasteiger partial charge >= 0.3 is 12.2 Å². The highest BCUT2D eigenvalue weighted by Gasteiger charge is 2.30. The van der Waals surface area contributed by atoms with Crippen LogP contribution in [0.15, 0.2) is 53.4 Å². The number of carbonyl (C=O) groups excluding carboxylic acids is 1. The molecule has 1 unspecified atom stereocenters. The molecule has 0 fully saturated rings. The Bertz CT molecular complexity index is 1040. The zero-order valence-corrected chi connectivity index (χ0v) is 19.1. The smallest absolute Gasteiger partial charge is 0.416 e. The fourth-order valence-electron chi connectivity index (χ4n) is 2.55. The van der Waals surface area contributed by atoms with Gasteiger partial charge in [0, 0.05) is 25.3 Å². The van der Waals surface area contributed by atoms with Gasteiger partial charge in [-0.3, -0.25) is 0 Å². The molecule has 182 valence electrons. The fraction of sp³-hybridized carbons (Fsp3) is 0.381. The molecule has 33 heavy (non-hydrogen) atoms. The molecule has 8 nitrogen and oxygen atoms in total. The largest absolute Gasteiger partial charge is 0.491 e. The van der Waals surface area contributed by atoms with Crippen LogP contribution in [0.4, 0.5) is 23.7 Å². The molecular formula is C21H26F3N3O5S. The molecule has 1 atom stereocenters. The van der Waals surface area contributed by atoms with Crippen LogP contribution in [0.2, 0.25) is 0 Å². The first-order chi connectivity index (χ1) is 15.3. The Morgan fingerprint density at radius 1 is 1.15 bits per heavy atom. The van der Waals surface area contributed by atoms with Crippen molar-refractivity contribution < 1.29 is 36.2 Å². The van der Waals surface area contributed by atoms with E-state index >= 15 is 0 Å². The molecule has 2 rings (SSSR count). The van der Waals surface area contributed by atoms with E-state index in [4.69, 9.17) is 4.74 Å². The number of rotatable bonds is 9. The molecule has 2 aromatic carbocycles. The van der Waals surface area contributed by atoms with Crippen LogP contribution in [0.25, 0.3) is 0 Å². The lowest BCUT2D eigenvalue weighted by atomic mass is 10.2. The number of carbonyl (C=O) groups is 1. The number of hydrogen-bond acceptors (Lipinski definition) is 5. The Hall–Kier alpha value is -2.83. The fourth-order valence-corrected chi connectivity index (χ4v) is 3.92. The Labute approximate surface area is 190 Å². The van der Waals surface area contributed by atoms with Crippen molar-refractivity contribution in [2.45, 2.75) is 37.1 Å². The Morgan fingerprint density at radius 3 is 2.36 bits per heavy atom. The lowest BCUT2D eigenvalue weighted by Gasteiger charge is -2.21. The third kappa shape index (κ3) is 7.62. The first-order valence-corrected chi connectivity index (χ1v) is 11.4. The van der Waals surface area contributed by atoms with E-state index in [-0.39, 0.29) is 29.8 Å². The van der Waals surface area contributed by atoms with Crippen molar-refractivity contribution in [3.8, 4) is 5.75 Å². The van der Waals surface area contributed by atoms with E-state index < -0.39 is 33.9 Å². The van der Waals surface area contributed by atoms with Crippen LogP contribution in [0, 0.1) is 0 Å². The number of aliphatic hydroxyl groups excluding tert-OH is 1. The summed E-state index contributed by atoms with van der Waals surface area (Å²) in [7, 11) is -2.18. The van der Waals surface area contributed by atoms with Crippen LogP contribution in [-0.4, -0.2) is 56.2 Å². The van der Waals surface area contributed by atoms with E-state index in [9.17, 15) is 31.5 Å². The third-order valence-corrected chi connectivity index (χ3v) is 6.67. The standard InChI is InChI=1S/C21H26F3N3O5S/c1-14(2)27(3)33(30,31)19-9-7-16(8-10-19)26-20(29)25-12-17(28)13-32-18-6-4-5-15(11-18)21(22,23)24/h4-11,14,17,28H,12-13H2,1-3H3,(H2,25,26,29). The van der Waals surface area contributed by atoms with Crippen molar-refractivity contribution in [2.24, 2.45) is 0 Å². The van der Waals surface area contributed by atoms with E-state index in [2.05, 4.69) is 10.6 Å². The molecule has 0 aliphatic carbocycles. The first-order valence-electron chi connectivity index (χ1n) is 9.91. The molecule has 0 heterocycles. The topological polar surface area (TPSA) is 108 Å². The van der Waals surface area contributed by atoms with E-state index in [1.807, 2.05) is 0 Å². The second kappa shape index (κ2) is 10.9. The minimum Gasteiger partial charge on any atom is -0.491 e. The maximum atomic E-state index is 12.7. The van der Waals surface area contributed by atoms with Gasteiger partial charge in [-0.1, -0.05) is 6.07 Å². The van der Waals surface area contributed by atoms with Crippen LogP contribution < -0.4 is 15.4 Å². The molecule has 3 N–H and O–H groups in total. The number of amides is 2. The van der Waals surface area contributed by atoms with Gasteiger partial charge in [-0.05, 0) is 56.3 Å². The summed E-state index contributed by atoms with van der Waals surface area (Å²) in [4.78, 5) is 12.1. The minimum atomic E-state index is -4.51.